The van der Waals surface area contributed by atoms with Crippen LogP contribution in [0, 0.1) is 10.1 Å². The molecule has 10 nitrogen and oxygen atoms in total. The predicted molar refractivity (Wildman–Crippen MR) is 99.4 cm³/mol. The van der Waals surface area contributed by atoms with Crippen LogP contribution >= 0.6 is 0 Å². The molecule has 0 spiro atoms. The van der Waals surface area contributed by atoms with Gasteiger partial charge < -0.3 is 19.5 Å². The molecule has 1 heterocycles. The molecule has 0 radical (unpaired) electrons. The van der Waals surface area contributed by atoms with Crippen molar-refractivity contribution in [3.05, 3.63) is 57.6 Å². The largest absolute Gasteiger partial charge is 0.486 e. The summed E-state index contributed by atoms with van der Waals surface area (Å²) in [5.41, 5.74) is -0.321. The normalized spacial score (nSPS) is 12.0. The molecule has 0 unspecified atom stereocenters. The Hall–Kier alpha value is -3.95. The Kier molecular flexibility index (Phi) is 5.72. The van der Waals surface area contributed by atoms with Crippen LogP contribution in [0.15, 0.2) is 36.4 Å². The number of benzene rings is 2. The summed E-state index contributed by atoms with van der Waals surface area (Å²) in [4.78, 5) is 46.6. The number of ketones is 1. The number of nitro benzene ring substituents is 1. The number of para-hydroxylation sites is 1. The smallest absolute Gasteiger partial charge is 0.345 e. The van der Waals surface area contributed by atoms with Gasteiger partial charge >= 0.3 is 5.97 Å². The molecule has 0 aliphatic carbocycles. The number of nitro groups is 1. The van der Waals surface area contributed by atoms with Gasteiger partial charge in [-0.25, -0.2) is 4.79 Å². The third-order valence-corrected chi connectivity index (χ3v) is 3.99. The summed E-state index contributed by atoms with van der Waals surface area (Å²) in [7, 11) is 0. The Morgan fingerprint density at radius 1 is 1.10 bits per heavy atom. The van der Waals surface area contributed by atoms with Gasteiger partial charge in [-0.2, -0.15) is 0 Å². The fourth-order valence-electron chi connectivity index (χ4n) is 2.69. The number of hydrogen-bond donors (Lipinski definition) is 1. The van der Waals surface area contributed by atoms with Gasteiger partial charge in [-0.15, -0.1) is 0 Å². The van der Waals surface area contributed by atoms with Crippen molar-refractivity contribution in [1.82, 2.24) is 0 Å². The molecule has 150 valence electrons. The minimum Gasteiger partial charge on any atom is -0.486 e. The molecule has 1 N–H and O–H groups in total. The Balaban J connectivity index is 1.72. The Morgan fingerprint density at radius 2 is 1.76 bits per heavy atom. The molecular weight excluding hydrogens is 384 g/mol. The number of hydrogen-bond acceptors (Lipinski definition) is 8. The number of carbonyl (C=O) groups excluding carboxylic acids is 3. The van der Waals surface area contributed by atoms with Gasteiger partial charge in [-0.1, -0.05) is 12.1 Å². The summed E-state index contributed by atoms with van der Waals surface area (Å²) in [5, 5.41) is 13.8. The quantitative estimate of drug-likeness (QED) is 0.338. The van der Waals surface area contributed by atoms with Crippen molar-refractivity contribution in [1.29, 1.82) is 0 Å². The highest BCUT2D eigenvalue weighted by Crippen LogP contribution is 2.36. The molecule has 10 heteroatoms. The van der Waals surface area contributed by atoms with Crippen molar-refractivity contribution < 1.29 is 33.5 Å². The predicted octanol–water partition coefficient (Wildman–Crippen LogP) is 2.36. The second-order valence-electron chi connectivity index (χ2n) is 6.00. The first-order chi connectivity index (χ1) is 13.9. The molecule has 0 aromatic heterocycles. The lowest BCUT2D eigenvalue weighted by molar-refractivity contribution is -0.385. The summed E-state index contributed by atoms with van der Waals surface area (Å²) >= 11 is 0. The molecule has 0 atom stereocenters. The van der Waals surface area contributed by atoms with Gasteiger partial charge in [0.05, 0.1) is 16.7 Å². The maximum atomic E-state index is 12.3. The SMILES string of the molecule is CC(=O)c1ccccc1NC(=O)COC(=O)c1cc2c(cc1[N+](=O)[O-])OCCO2. The Labute approximate surface area is 164 Å². The zero-order valence-electron chi connectivity index (χ0n) is 15.3. The lowest BCUT2D eigenvalue weighted by Gasteiger charge is -2.18. The van der Waals surface area contributed by atoms with Crippen molar-refractivity contribution in [2.24, 2.45) is 0 Å². The van der Waals surface area contributed by atoms with Crippen LogP contribution in [0.4, 0.5) is 11.4 Å². The number of nitrogens with zero attached hydrogens (tertiary/aromatic N) is 1. The van der Waals surface area contributed by atoms with Crippen molar-refractivity contribution in [3.8, 4) is 11.5 Å². The van der Waals surface area contributed by atoms with Crippen LogP contribution in [0.3, 0.4) is 0 Å². The second kappa shape index (κ2) is 8.38. The van der Waals surface area contributed by atoms with E-state index in [1.165, 1.54) is 13.0 Å². The molecule has 0 saturated heterocycles. The van der Waals surface area contributed by atoms with Crippen LogP contribution < -0.4 is 14.8 Å². The standard InChI is InChI=1S/C19H16N2O8/c1-11(22)12-4-2-3-5-14(12)20-18(23)10-29-19(24)13-8-16-17(28-7-6-27-16)9-15(13)21(25)26/h2-5,8-9H,6-7,10H2,1H3,(H,20,23). The number of nitrogens with one attached hydrogen (secondary N) is 1. The zero-order valence-corrected chi connectivity index (χ0v) is 15.3. The fourth-order valence-corrected chi connectivity index (χ4v) is 2.69. The average Bonchev–Trinajstić information content (AvgIpc) is 2.71. The van der Waals surface area contributed by atoms with E-state index in [-0.39, 0.29) is 41.7 Å². The lowest BCUT2D eigenvalue weighted by atomic mass is 10.1. The van der Waals surface area contributed by atoms with Gasteiger partial charge in [0.2, 0.25) is 0 Å². The van der Waals surface area contributed by atoms with Crippen molar-refractivity contribution in [2.75, 3.05) is 25.1 Å². The number of Topliss-reactive ketones (excluding diaryl/α,β-unsaturated/α-hetero) is 1. The van der Waals surface area contributed by atoms with E-state index in [4.69, 9.17) is 14.2 Å². The number of amides is 1. The number of fused-ring (bicyclic) bond motifs is 1. The first kappa shape index (κ1) is 19.8. The fraction of sp³-hybridized carbons (Fsp3) is 0.211. The lowest BCUT2D eigenvalue weighted by Crippen LogP contribution is -2.22. The summed E-state index contributed by atoms with van der Waals surface area (Å²) in [6.07, 6.45) is 0. The minimum atomic E-state index is -1.07. The van der Waals surface area contributed by atoms with E-state index in [2.05, 4.69) is 5.32 Å². The Morgan fingerprint density at radius 3 is 2.41 bits per heavy atom. The zero-order chi connectivity index (χ0) is 21.0. The van der Waals surface area contributed by atoms with E-state index in [9.17, 15) is 24.5 Å². The number of anilines is 1. The van der Waals surface area contributed by atoms with Crippen LogP contribution in [0.5, 0.6) is 11.5 Å². The molecule has 1 aliphatic heterocycles. The van der Waals surface area contributed by atoms with E-state index in [0.717, 1.165) is 12.1 Å². The molecule has 0 bridgehead atoms. The molecule has 2 aromatic rings. The van der Waals surface area contributed by atoms with Crippen molar-refractivity contribution in [3.63, 3.8) is 0 Å². The minimum absolute atomic E-state index is 0.151. The van der Waals surface area contributed by atoms with Gasteiger partial charge in [0.1, 0.15) is 18.8 Å². The van der Waals surface area contributed by atoms with E-state index >= 15 is 0 Å². The number of esters is 1. The molecule has 1 aliphatic rings. The molecule has 0 fully saturated rings. The van der Waals surface area contributed by atoms with Gasteiger partial charge in [0.15, 0.2) is 23.9 Å². The van der Waals surface area contributed by atoms with E-state index in [0.29, 0.717) is 5.56 Å². The third-order valence-electron chi connectivity index (χ3n) is 3.99. The summed E-state index contributed by atoms with van der Waals surface area (Å²) in [6.45, 7) is 1.12. The maximum absolute atomic E-state index is 12.3. The summed E-state index contributed by atoms with van der Waals surface area (Å²) < 4.78 is 15.5. The van der Waals surface area contributed by atoms with Gasteiger partial charge in [0, 0.05) is 11.6 Å². The first-order valence-corrected chi connectivity index (χ1v) is 8.52. The third kappa shape index (κ3) is 4.49. The number of ether oxygens (including phenoxy) is 3. The highest BCUT2D eigenvalue weighted by atomic mass is 16.6. The maximum Gasteiger partial charge on any atom is 0.345 e. The van der Waals surface area contributed by atoms with E-state index < -0.39 is 29.1 Å². The van der Waals surface area contributed by atoms with Crippen LogP contribution in [0.25, 0.3) is 0 Å². The molecule has 0 saturated carbocycles. The first-order valence-electron chi connectivity index (χ1n) is 8.52. The monoisotopic (exact) mass is 400 g/mol. The van der Waals surface area contributed by atoms with Crippen LogP contribution in [-0.4, -0.2) is 42.4 Å². The number of carbonyl (C=O) groups is 3. The van der Waals surface area contributed by atoms with Crippen molar-refractivity contribution in [2.45, 2.75) is 6.92 Å². The van der Waals surface area contributed by atoms with Crippen LogP contribution in [-0.2, 0) is 9.53 Å². The van der Waals surface area contributed by atoms with Gasteiger partial charge in [0.25, 0.3) is 11.6 Å². The number of rotatable bonds is 6. The van der Waals surface area contributed by atoms with E-state index in [1.807, 2.05) is 0 Å². The van der Waals surface area contributed by atoms with Crippen molar-refractivity contribution >= 4 is 29.0 Å². The summed E-state index contributed by atoms with van der Waals surface area (Å²) in [5.74, 6) is -1.69. The summed E-state index contributed by atoms with van der Waals surface area (Å²) in [6, 6.07) is 8.58. The van der Waals surface area contributed by atoms with Gasteiger partial charge in [-0.3, -0.25) is 19.7 Å². The van der Waals surface area contributed by atoms with E-state index in [1.54, 1.807) is 18.2 Å². The highest BCUT2D eigenvalue weighted by molar-refractivity contribution is 6.04. The van der Waals surface area contributed by atoms with Gasteiger partial charge in [-0.05, 0) is 19.1 Å². The second-order valence-corrected chi connectivity index (χ2v) is 6.00. The van der Waals surface area contributed by atoms with Crippen LogP contribution in [0.2, 0.25) is 0 Å². The van der Waals surface area contributed by atoms with Crippen LogP contribution in [0.1, 0.15) is 27.6 Å². The molecule has 29 heavy (non-hydrogen) atoms. The molecular formula is C19H16N2O8. The molecule has 3 rings (SSSR count). The molecule has 2 aromatic carbocycles. The highest BCUT2D eigenvalue weighted by Gasteiger charge is 2.27. The topological polar surface area (TPSA) is 134 Å². The average molecular weight is 400 g/mol. The molecule has 1 amide bonds. The Bertz CT molecular complexity index is 1000.